The van der Waals surface area contributed by atoms with Gasteiger partial charge in [0.1, 0.15) is 5.82 Å². The number of rotatable bonds is 3. The summed E-state index contributed by atoms with van der Waals surface area (Å²) in [6.07, 6.45) is 2.53. The summed E-state index contributed by atoms with van der Waals surface area (Å²) in [5.74, 6) is -2.17. The number of carboxylic acid groups (broad SMARTS) is 1. The highest BCUT2D eigenvalue weighted by atomic mass is 19.1. The van der Waals surface area contributed by atoms with Crippen LogP contribution in [0.15, 0.2) is 30.5 Å². The molecular formula is C16H17FN4O3. The van der Waals surface area contributed by atoms with E-state index in [1.54, 1.807) is 0 Å². The zero-order chi connectivity index (χ0) is 17.3. The maximum Gasteiger partial charge on any atom is 0.308 e. The van der Waals surface area contributed by atoms with Gasteiger partial charge in [0.25, 0.3) is 5.91 Å². The zero-order valence-electron chi connectivity index (χ0n) is 13.1. The molecule has 1 aromatic heterocycles. The molecule has 0 radical (unpaired) electrons. The molecule has 7 nitrogen and oxygen atoms in total. The molecule has 0 saturated carbocycles. The molecule has 1 saturated heterocycles. The van der Waals surface area contributed by atoms with Crippen molar-refractivity contribution in [1.82, 2.24) is 19.9 Å². The molecule has 3 rings (SSSR count). The van der Waals surface area contributed by atoms with E-state index in [4.69, 9.17) is 5.11 Å². The summed E-state index contributed by atoms with van der Waals surface area (Å²) < 4.78 is 13.0. The number of amides is 1. The molecule has 0 aliphatic carbocycles. The molecule has 1 amide bonds. The Balaban J connectivity index is 1.80. The summed E-state index contributed by atoms with van der Waals surface area (Å²) in [6.45, 7) is 2.05. The summed E-state index contributed by atoms with van der Waals surface area (Å²) >= 11 is 0. The molecule has 2 aromatic rings. The third-order valence-corrected chi connectivity index (χ3v) is 4.26. The Kier molecular flexibility index (Phi) is 4.28. The molecule has 8 heteroatoms. The van der Waals surface area contributed by atoms with Crippen molar-refractivity contribution < 1.29 is 19.1 Å². The van der Waals surface area contributed by atoms with Gasteiger partial charge in [-0.2, -0.15) is 9.90 Å². The SMILES string of the molecule is CC1CCC(C(=O)O)CN1C(=O)c1cnn(-c2ccc(F)cc2)n1. The smallest absolute Gasteiger partial charge is 0.308 e. The monoisotopic (exact) mass is 332 g/mol. The molecule has 1 aromatic carbocycles. The van der Waals surface area contributed by atoms with E-state index in [1.807, 2.05) is 6.92 Å². The van der Waals surface area contributed by atoms with Gasteiger partial charge in [0.2, 0.25) is 0 Å². The van der Waals surface area contributed by atoms with Crippen LogP contribution in [0.2, 0.25) is 0 Å². The van der Waals surface area contributed by atoms with E-state index in [0.29, 0.717) is 18.5 Å². The van der Waals surface area contributed by atoms with Gasteiger partial charge in [0, 0.05) is 12.6 Å². The van der Waals surface area contributed by atoms with Crippen LogP contribution in [0.5, 0.6) is 0 Å². The lowest BCUT2D eigenvalue weighted by atomic mass is 9.93. The number of carbonyl (C=O) groups is 2. The van der Waals surface area contributed by atoms with Crippen molar-refractivity contribution >= 4 is 11.9 Å². The topological polar surface area (TPSA) is 88.3 Å². The van der Waals surface area contributed by atoms with Crippen molar-refractivity contribution in [1.29, 1.82) is 0 Å². The van der Waals surface area contributed by atoms with E-state index in [9.17, 15) is 14.0 Å². The van der Waals surface area contributed by atoms with Gasteiger partial charge in [0.05, 0.1) is 17.8 Å². The second-order valence-corrected chi connectivity index (χ2v) is 5.91. The van der Waals surface area contributed by atoms with Gasteiger partial charge in [-0.05, 0) is 44.0 Å². The quantitative estimate of drug-likeness (QED) is 0.925. The van der Waals surface area contributed by atoms with Crippen LogP contribution in [0, 0.1) is 11.7 Å². The summed E-state index contributed by atoms with van der Waals surface area (Å²) in [4.78, 5) is 26.6. The van der Waals surface area contributed by atoms with Crippen LogP contribution in [-0.4, -0.2) is 49.5 Å². The highest BCUT2D eigenvalue weighted by Crippen LogP contribution is 2.23. The second-order valence-electron chi connectivity index (χ2n) is 5.91. The van der Waals surface area contributed by atoms with Crippen molar-refractivity contribution in [3.05, 3.63) is 42.0 Å². The molecule has 126 valence electrons. The van der Waals surface area contributed by atoms with Crippen LogP contribution in [0.4, 0.5) is 4.39 Å². The zero-order valence-corrected chi connectivity index (χ0v) is 13.1. The Labute approximate surface area is 137 Å². The minimum Gasteiger partial charge on any atom is -0.481 e. The highest BCUT2D eigenvalue weighted by molar-refractivity contribution is 5.92. The Morgan fingerprint density at radius 2 is 1.96 bits per heavy atom. The van der Waals surface area contributed by atoms with E-state index >= 15 is 0 Å². The number of hydrogen-bond donors (Lipinski definition) is 1. The fraction of sp³-hybridized carbons (Fsp3) is 0.375. The summed E-state index contributed by atoms with van der Waals surface area (Å²) in [7, 11) is 0. The molecule has 2 atom stereocenters. The third kappa shape index (κ3) is 3.12. The van der Waals surface area contributed by atoms with Crippen LogP contribution >= 0.6 is 0 Å². The lowest BCUT2D eigenvalue weighted by molar-refractivity contribution is -0.143. The lowest BCUT2D eigenvalue weighted by Crippen LogP contribution is -2.47. The molecule has 1 aliphatic heterocycles. The van der Waals surface area contributed by atoms with Gasteiger partial charge < -0.3 is 10.0 Å². The standard InChI is InChI=1S/C16H17FN4O3/c1-10-2-3-11(16(23)24)9-20(10)15(22)14-8-18-21(19-14)13-6-4-12(17)5-7-13/h4-8,10-11H,2-3,9H2,1H3,(H,23,24). The number of benzene rings is 1. The molecular weight excluding hydrogens is 315 g/mol. The first-order valence-corrected chi connectivity index (χ1v) is 7.68. The van der Waals surface area contributed by atoms with Crippen molar-refractivity contribution in [2.45, 2.75) is 25.8 Å². The molecule has 0 bridgehead atoms. The molecule has 1 aliphatic rings. The highest BCUT2D eigenvalue weighted by Gasteiger charge is 2.33. The van der Waals surface area contributed by atoms with Gasteiger partial charge in [-0.1, -0.05) is 0 Å². The second kappa shape index (κ2) is 6.38. The van der Waals surface area contributed by atoms with Crippen LogP contribution < -0.4 is 0 Å². The fourth-order valence-corrected chi connectivity index (χ4v) is 2.80. The minimum atomic E-state index is -0.894. The lowest BCUT2D eigenvalue weighted by Gasteiger charge is -2.35. The Morgan fingerprint density at radius 3 is 2.62 bits per heavy atom. The number of aromatic nitrogens is 3. The van der Waals surface area contributed by atoms with Crippen molar-refractivity contribution in [2.24, 2.45) is 5.92 Å². The molecule has 2 unspecified atom stereocenters. The number of likely N-dealkylation sites (tertiary alicyclic amines) is 1. The summed E-state index contributed by atoms with van der Waals surface area (Å²) in [6, 6.07) is 5.53. The number of nitrogens with zero attached hydrogens (tertiary/aromatic N) is 4. The molecule has 1 fully saturated rings. The normalized spacial score (nSPS) is 20.8. The molecule has 2 heterocycles. The van der Waals surface area contributed by atoms with Gasteiger partial charge in [-0.25, -0.2) is 4.39 Å². The molecule has 0 spiro atoms. The number of halogens is 1. The maximum absolute atomic E-state index is 13.0. The average Bonchev–Trinajstić information content (AvgIpc) is 3.05. The Bertz CT molecular complexity index is 759. The number of hydrogen-bond acceptors (Lipinski definition) is 4. The molecule has 1 N–H and O–H groups in total. The fourth-order valence-electron chi connectivity index (χ4n) is 2.80. The van der Waals surface area contributed by atoms with Crippen molar-refractivity contribution in [2.75, 3.05) is 6.54 Å². The molecule has 24 heavy (non-hydrogen) atoms. The van der Waals surface area contributed by atoms with E-state index in [-0.39, 0.29) is 30.0 Å². The van der Waals surface area contributed by atoms with Crippen LogP contribution in [0.1, 0.15) is 30.3 Å². The number of carboxylic acids is 1. The van der Waals surface area contributed by atoms with E-state index in [0.717, 1.165) is 0 Å². The number of aliphatic carboxylic acids is 1. The third-order valence-electron chi connectivity index (χ3n) is 4.26. The minimum absolute atomic E-state index is 0.0518. The Hall–Kier alpha value is -2.77. The van der Waals surface area contributed by atoms with Crippen LogP contribution in [-0.2, 0) is 4.79 Å². The van der Waals surface area contributed by atoms with Gasteiger partial charge >= 0.3 is 5.97 Å². The maximum atomic E-state index is 13.0. The summed E-state index contributed by atoms with van der Waals surface area (Å²) in [5.41, 5.74) is 0.669. The first-order valence-electron chi connectivity index (χ1n) is 7.68. The van der Waals surface area contributed by atoms with Crippen molar-refractivity contribution in [3.8, 4) is 5.69 Å². The number of carbonyl (C=O) groups excluding carboxylic acids is 1. The average molecular weight is 332 g/mol. The van der Waals surface area contributed by atoms with E-state index < -0.39 is 11.9 Å². The largest absolute Gasteiger partial charge is 0.481 e. The number of piperidine rings is 1. The van der Waals surface area contributed by atoms with Gasteiger partial charge in [0.15, 0.2) is 5.69 Å². The van der Waals surface area contributed by atoms with Gasteiger partial charge in [-0.15, -0.1) is 5.10 Å². The first-order chi connectivity index (χ1) is 11.5. The van der Waals surface area contributed by atoms with E-state index in [1.165, 1.54) is 40.2 Å². The Morgan fingerprint density at radius 1 is 1.25 bits per heavy atom. The van der Waals surface area contributed by atoms with E-state index in [2.05, 4.69) is 10.2 Å². The van der Waals surface area contributed by atoms with Gasteiger partial charge in [-0.3, -0.25) is 9.59 Å². The first kappa shape index (κ1) is 16.1. The summed E-state index contributed by atoms with van der Waals surface area (Å²) in [5, 5.41) is 17.3. The predicted octanol–water partition coefficient (Wildman–Crippen LogP) is 1.73. The van der Waals surface area contributed by atoms with Crippen LogP contribution in [0.3, 0.4) is 0 Å². The van der Waals surface area contributed by atoms with Crippen LogP contribution in [0.25, 0.3) is 5.69 Å². The van der Waals surface area contributed by atoms with Crippen molar-refractivity contribution in [3.63, 3.8) is 0 Å². The predicted molar refractivity (Wildman–Crippen MR) is 82.2 cm³/mol.